The molecule has 6 heteroatoms. The van der Waals surface area contributed by atoms with Crippen LogP contribution in [0, 0.1) is 11.6 Å². The summed E-state index contributed by atoms with van der Waals surface area (Å²) in [5.74, 6) is -0.776. The van der Waals surface area contributed by atoms with Crippen molar-refractivity contribution in [1.29, 1.82) is 0 Å². The lowest BCUT2D eigenvalue weighted by Gasteiger charge is -2.39. The second kappa shape index (κ2) is 7.12. The van der Waals surface area contributed by atoms with E-state index in [-0.39, 0.29) is 29.1 Å². The first-order chi connectivity index (χ1) is 13.0. The first-order valence-corrected chi connectivity index (χ1v) is 8.97. The molecular formula is C21H20F2N2O2. The third kappa shape index (κ3) is 3.57. The lowest BCUT2D eigenvalue weighted by Crippen LogP contribution is -2.53. The maximum Gasteiger partial charge on any atom is 0.289 e. The molecule has 0 radical (unpaired) electrons. The van der Waals surface area contributed by atoms with Crippen LogP contribution in [-0.4, -0.2) is 41.4 Å². The van der Waals surface area contributed by atoms with Crippen LogP contribution in [0.25, 0.3) is 11.0 Å². The molecule has 2 aromatic carbocycles. The predicted octanol–water partition coefficient (Wildman–Crippen LogP) is 4.06. The zero-order chi connectivity index (χ0) is 19.0. The van der Waals surface area contributed by atoms with E-state index in [1.54, 1.807) is 35.2 Å². The Kier molecular flexibility index (Phi) is 4.66. The van der Waals surface area contributed by atoms with Crippen molar-refractivity contribution in [3.05, 3.63) is 71.5 Å². The molecule has 2 heterocycles. The molecule has 1 amide bonds. The summed E-state index contributed by atoms with van der Waals surface area (Å²) < 4.78 is 32.3. The molecule has 1 aliphatic heterocycles. The number of fused-ring (bicyclic) bond motifs is 1. The van der Waals surface area contributed by atoms with Gasteiger partial charge in [0.2, 0.25) is 0 Å². The molecule has 1 fully saturated rings. The third-order valence-corrected chi connectivity index (χ3v) is 5.00. The fourth-order valence-electron chi connectivity index (χ4n) is 3.60. The van der Waals surface area contributed by atoms with E-state index in [2.05, 4.69) is 4.90 Å². The number of rotatable bonds is 3. The summed E-state index contributed by atoms with van der Waals surface area (Å²) in [6.07, 6.45) is 0. The van der Waals surface area contributed by atoms with Gasteiger partial charge >= 0.3 is 0 Å². The van der Waals surface area contributed by atoms with Crippen molar-refractivity contribution in [2.45, 2.75) is 19.5 Å². The van der Waals surface area contributed by atoms with Crippen LogP contribution in [0.2, 0.25) is 0 Å². The third-order valence-electron chi connectivity index (χ3n) is 5.00. The number of piperazine rings is 1. The van der Waals surface area contributed by atoms with Crippen LogP contribution >= 0.6 is 0 Å². The SMILES string of the molecule is C[C@@H]1CN(Cc2ccc(F)cc2)CCN1C(=O)c1cc2cccc(F)c2o1. The molecule has 0 spiro atoms. The highest BCUT2D eigenvalue weighted by molar-refractivity contribution is 5.96. The van der Waals surface area contributed by atoms with Crippen molar-refractivity contribution in [2.24, 2.45) is 0 Å². The van der Waals surface area contributed by atoms with E-state index in [4.69, 9.17) is 4.42 Å². The quantitative estimate of drug-likeness (QED) is 0.698. The Morgan fingerprint density at radius 3 is 2.63 bits per heavy atom. The van der Waals surface area contributed by atoms with Gasteiger partial charge in [-0.1, -0.05) is 24.3 Å². The summed E-state index contributed by atoms with van der Waals surface area (Å²) in [4.78, 5) is 16.8. The molecule has 0 aliphatic carbocycles. The van der Waals surface area contributed by atoms with E-state index >= 15 is 0 Å². The molecule has 0 N–H and O–H groups in total. The second-order valence-corrected chi connectivity index (χ2v) is 6.98. The molecule has 1 atom stereocenters. The van der Waals surface area contributed by atoms with Crippen LogP contribution in [-0.2, 0) is 6.54 Å². The van der Waals surface area contributed by atoms with E-state index in [0.29, 0.717) is 31.6 Å². The zero-order valence-electron chi connectivity index (χ0n) is 15.0. The summed E-state index contributed by atoms with van der Waals surface area (Å²) in [5.41, 5.74) is 1.15. The fourth-order valence-corrected chi connectivity index (χ4v) is 3.60. The summed E-state index contributed by atoms with van der Waals surface area (Å²) in [5, 5.41) is 0.584. The van der Waals surface area contributed by atoms with Crippen LogP contribution in [0.3, 0.4) is 0 Å². The van der Waals surface area contributed by atoms with Crippen LogP contribution in [0.1, 0.15) is 23.0 Å². The number of carbonyl (C=O) groups excluding carboxylic acids is 1. The van der Waals surface area contributed by atoms with Gasteiger partial charge in [0, 0.05) is 37.6 Å². The van der Waals surface area contributed by atoms with Gasteiger partial charge in [-0.15, -0.1) is 0 Å². The molecule has 27 heavy (non-hydrogen) atoms. The van der Waals surface area contributed by atoms with Gasteiger partial charge in [-0.25, -0.2) is 8.78 Å². The Morgan fingerprint density at radius 1 is 1.15 bits per heavy atom. The number of carbonyl (C=O) groups is 1. The maximum absolute atomic E-state index is 13.8. The Balaban J connectivity index is 1.45. The molecule has 1 aliphatic rings. The van der Waals surface area contributed by atoms with E-state index < -0.39 is 5.82 Å². The predicted molar refractivity (Wildman–Crippen MR) is 98.3 cm³/mol. The van der Waals surface area contributed by atoms with E-state index in [9.17, 15) is 13.6 Å². The van der Waals surface area contributed by atoms with Gasteiger partial charge in [-0.2, -0.15) is 0 Å². The summed E-state index contributed by atoms with van der Waals surface area (Å²) >= 11 is 0. The largest absolute Gasteiger partial charge is 0.448 e. The van der Waals surface area contributed by atoms with E-state index in [0.717, 1.165) is 5.56 Å². The monoisotopic (exact) mass is 370 g/mol. The molecule has 0 bridgehead atoms. The van der Waals surface area contributed by atoms with Crippen molar-refractivity contribution >= 4 is 16.9 Å². The Bertz CT molecular complexity index is 968. The lowest BCUT2D eigenvalue weighted by molar-refractivity contribution is 0.0448. The van der Waals surface area contributed by atoms with Gasteiger partial charge < -0.3 is 9.32 Å². The van der Waals surface area contributed by atoms with Crippen LogP contribution in [0.15, 0.2) is 52.9 Å². The molecule has 1 aromatic heterocycles. The number of furan rings is 1. The normalized spacial score (nSPS) is 18.2. The van der Waals surface area contributed by atoms with Crippen molar-refractivity contribution in [2.75, 3.05) is 19.6 Å². The number of amides is 1. The first kappa shape index (κ1) is 17.7. The minimum absolute atomic E-state index is 0.00948. The molecule has 0 unspecified atom stereocenters. The second-order valence-electron chi connectivity index (χ2n) is 6.98. The van der Waals surface area contributed by atoms with Gasteiger partial charge in [0.05, 0.1) is 0 Å². The Morgan fingerprint density at radius 2 is 1.93 bits per heavy atom. The minimum Gasteiger partial charge on any atom is -0.448 e. The summed E-state index contributed by atoms with van der Waals surface area (Å²) in [6, 6.07) is 12.7. The smallest absolute Gasteiger partial charge is 0.289 e. The number of benzene rings is 2. The molecule has 140 valence electrons. The summed E-state index contributed by atoms with van der Waals surface area (Å²) in [7, 11) is 0. The Hall–Kier alpha value is -2.73. The highest BCUT2D eigenvalue weighted by atomic mass is 19.1. The molecular weight excluding hydrogens is 350 g/mol. The van der Waals surface area contributed by atoms with E-state index in [1.807, 2.05) is 6.92 Å². The average Bonchev–Trinajstić information content (AvgIpc) is 3.09. The van der Waals surface area contributed by atoms with Crippen molar-refractivity contribution in [3.8, 4) is 0 Å². The topological polar surface area (TPSA) is 36.7 Å². The number of hydrogen-bond acceptors (Lipinski definition) is 3. The van der Waals surface area contributed by atoms with Gasteiger partial charge in [0.25, 0.3) is 5.91 Å². The number of para-hydroxylation sites is 1. The zero-order valence-corrected chi connectivity index (χ0v) is 15.0. The van der Waals surface area contributed by atoms with Gasteiger partial charge in [0.15, 0.2) is 17.2 Å². The van der Waals surface area contributed by atoms with Crippen molar-refractivity contribution < 1.29 is 18.0 Å². The summed E-state index contributed by atoms with van der Waals surface area (Å²) in [6.45, 7) is 4.67. The average molecular weight is 370 g/mol. The van der Waals surface area contributed by atoms with Crippen molar-refractivity contribution in [1.82, 2.24) is 9.80 Å². The number of hydrogen-bond donors (Lipinski definition) is 0. The van der Waals surface area contributed by atoms with Gasteiger partial charge in [-0.05, 0) is 36.8 Å². The fraction of sp³-hybridized carbons (Fsp3) is 0.286. The van der Waals surface area contributed by atoms with Crippen LogP contribution in [0.4, 0.5) is 8.78 Å². The molecule has 0 saturated carbocycles. The van der Waals surface area contributed by atoms with E-state index in [1.165, 1.54) is 18.2 Å². The van der Waals surface area contributed by atoms with Crippen LogP contribution in [0.5, 0.6) is 0 Å². The number of nitrogens with zero attached hydrogens (tertiary/aromatic N) is 2. The standard InChI is InChI=1S/C21H20F2N2O2/c1-14-12-24(13-15-5-7-17(22)8-6-15)9-10-25(14)21(26)19-11-16-3-2-4-18(23)20(16)27-19/h2-8,11,14H,9-10,12-13H2,1H3/t14-/m1/s1. The van der Waals surface area contributed by atoms with Crippen LogP contribution < -0.4 is 0 Å². The highest BCUT2D eigenvalue weighted by Gasteiger charge is 2.30. The van der Waals surface area contributed by atoms with Crippen molar-refractivity contribution in [3.63, 3.8) is 0 Å². The number of halogens is 2. The Labute approximate surface area is 156 Å². The molecule has 1 saturated heterocycles. The van der Waals surface area contributed by atoms with Gasteiger partial charge in [0.1, 0.15) is 5.82 Å². The molecule has 4 nitrogen and oxygen atoms in total. The minimum atomic E-state index is -0.469. The lowest BCUT2D eigenvalue weighted by atomic mass is 10.1. The molecule has 3 aromatic rings. The first-order valence-electron chi connectivity index (χ1n) is 8.97. The van der Waals surface area contributed by atoms with Gasteiger partial charge in [-0.3, -0.25) is 9.69 Å². The highest BCUT2D eigenvalue weighted by Crippen LogP contribution is 2.24. The molecule has 4 rings (SSSR count). The maximum atomic E-state index is 13.8.